The number of alkyl halides is 1. The van der Waals surface area contributed by atoms with Crippen LogP contribution >= 0.6 is 0 Å². The van der Waals surface area contributed by atoms with Crippen molar-refractivity contribution in [3.63, 3.8) is 0 Å². The fourth-order valence-corrected chi connectivity index (χ4v) is 6.85. The Morgan fingerprint density at radius 3 is 2.81 bits per heavy atom. The fourth-order valence-electron chi connectivity index (χ4n) is 6.85. The number of rotatable bonds is 5. The predicted octanol–water partition coefficient (Wildman–Crippen LogP) is 4.34. The third-order valence-corrected chi connectivity index (χ3v) is 8.79. The number of halogens is 3. The molecule has 0 amide bonds. The molecule has 0 spiro atoms. The highest BCUT2D eigenvalue weighted by Crippen LogP contribution is 2.42. The highest BCUT2D eigenvalue weighted by molar-refractivity contribution is 6.03. The van der Waals surface area contributed by atoms with Crippen LogP contribution in [0.4, 0.5) is 19.0 Å². The lowest BCUT2D eigenvalue weighted by Gasteiger charge is -2.31. The molecule has 3 aliphatic heterocycles. The van der Waals surface area contributed by atoms with E-state index in [0.29, 0.717) is 42.5 Å². The SMILES string of the molecule is C#Cc1c(F)ccc2cc(O)cc(-c3ncc4c(N5CC[C@H](O)C5)nc(OC[C@@]56CCCN5C[C@H](F)C6)nc4c3F)c12. The smallest absolute Gasteiger partial charge is 0.319 e. The maximum Gasteiger partial charge on any atom is 0.319 e. The zero-order chi connectivity index (χ0) is 29.2. The van der Waals surface area contributed by atoms with Gasteiger partial charge in [0.15, 0.2) is 5.82 Å². The number of terminal acetylenes is 1. The van der Waals surface area contributed by atoms with E-state index >= 15 is 4.39 Å². The van der Waals surface area contributed by atoms with Crippen LogP contribution in [-0.2, 0) is 0 Å². The zero-order valence-corrected chi connectivity index (χ0v) is 22.7. The second kappa shape index (κ2) is 10.00. The molecule has 0 unspecified atom stereocenters. The van der Waals surface area contributed by atoms with Crippen molar-refractivity contribution in [3.8, 4) is 35.4 Å². The summed E-state index contributed by atoms with van der Waals surface area (Å²) in [6.45, 7) is 2.09. The summed E-state index contributed by atoms with van der Waals surface area (Å²) in [6, 6.07) is 5.28. The van der Waals surface area contributed by atoms with Gasteiger partial charge in [-0.05, 0) is 49.4 Å². The van der Waals surface area contributed by atoms with Gasteiger partial charge in [0.2, 0.25) is 0 Å². The number of fused-ring (bicyclic) bond motifs is 3. The van der Waals surface area contributed by atoms with Crippen LogP contribution in [0.1, 0.15) is 31.2 Å². The molecule has 0 radical (unpaired) electrons. The molecule has 3 saturated heterocycles. The van der Waals surface area contributed by atoms with Crippen molar-refractivity contribution in [2.45, 2.75) is 43.5 Å². The minimum atomic E-state index is -0.936. The molecule has 0 saturated carbocycles. The van der Waals surface area contributed by atoms with Crippen LogP contribution in [0.15, 0.2) is 30.5 Å². The summed E-state index contributed by atoms with van der Waals surface area (Å²) in [6.07, 6.45) is 8.13. The zero-order valence-electron chi connectivity index (χ0n) is 22.7. The molecule has 8 nitrogen and oxygen atoms in total. The number of phenolic OH excluding ortho intramolecular Hbond substituents is 1. The molecule has 0 bridgehead atoms. The van der Waals surface area contributed by atoms with E-state index in [0.717, 1.165) is 19.4 Å². The molecule has 11 heteroatoms. The third kappa shape index (κ3) is 4.28. The Labute approximate surface area is 239 Å². The summed E-state index contributed by atoms with van der Waals surface area (Å²) in [5.74, 6) is 1.03. The van der Waals surface area contributed by atoms with Crippen LogP contribution in [0.2, 0.25) is 0 Å². The van der Waals surface area contributed by atoms with Gasteiger partial charge in [0.05, 0.1) is 22.6 Å². The standard InChI is InChI=1S/C31H28F3N5O3/c1-2-21-24(33)5-4-17-10-20(41)11-22(25(17)21)27-26(34)28-23(13-35-27)29(38-9-6-19(40)15-38)37-30(36-28)42-16-31-7-3-8-39(31)14-18(32)12-31/h1,4-5,10-11,13,18-19,40-41H,3,6-9,12,14-16H2/t18-,19+,31+/m1/s1. The van der Waals surface area contributed by atoms with Crippen LogP contribution in [0, 0.1) is 24.0 Å². The van der Waals surface area contributed by atoms with Gasteiger partial charge < -0.3 is 19.8 Å². The number of phenols is 1. The number of benzene rings is 2. The summed E-state index contributed by atoms with van der Waals surface area (Å²) < 4.78 is 51.7. The molecule has 5 heterocycles. The van der Waals surface area contributed by atoms with Crippen molar-refractivity contribution in [1.29, 1.82) is 0 Å². The maximum absolute atomic E-state index is 16.5. The van der Waals surface area contributed by atoms with Crippen molar-refractivity contribution < 1.29 is 28.1 Å². The number of pyridine rings is 1. The van der Waals surface area contributed by atoms with Gasteiger partial charge in [-0.15, -0.1) is 6.42 Å². The minimum Gasteiger partial charge on any atom is -0.508 e. The monoisotopic (exact) mass is 575 g/mol. The fraction of sp³-hybridized carbons (Fsp3) is 0.387. The second-order valence-electron chi connectivity index (χ2n) is 11.4. The quantitative estimate of drug-likeness (QED) is 0.340. The Morgan fingerprint density at radius 1 is 1.17 bits per heavy atom. The van der Waals surface area contributed by atoms with Gasteiger partial charge in [-0.2, -0.15) is 9.97 Å². The first-order valence-electron chi connectivity index (χ1n) is 14.0. The van der Waals surface area contributed by atoms with E-state index in [1.165, 1.54) is 30.5 Å². The molecule has 3 aliphatic rings. The number of hydrogen-bond acceptors (Lipinski definition) is 8. The Morgan fingerprint density at radius 2 is 2.02 bits per heavy atom. The van der Waals surface area contributed by atoms with Gasteiger partial charge in [-0.1, -0.05) is 12.0 Å². The lowest BCUT2D eigenvalue weighted by atomic mass is 9.95. The van der Waals surface area contributed by atoms with Crippen molar-refractivity contribution >= 4 is 27.5 Å². The van der Waals surface area contributed by atoms with E-state index in [1.807, 2.05) is 4.90 Å². The number of anilines is 1. The molecule has 4 aromatic rings. The summed E-state index contributed by atoms with van der Waals surface area (Å²) in [5, 5.41) is 21.6. The highest BCUT2D eigenvalue weighted by atomic mass is 19.1. The molecule has 3 fully saturated rings. The molecule has 0 aliphatic carbocycles. The number of hydrogen-bond donors (Lipinski definition) is 2. The minimum absolute atomic E-state index is 0.0744. The van der Waals surface area contributed by atoms with Gasteiger partial charge in [0.1, 0.15) is 41.4 Å². The number of nitrogens with zero attached hydrogens (tertiary/aromatic N) is 5. The summed E-state index contributed by atoms with van der Waals surface area (Å²) in [5.41, 5.74) is -0.701. The van der Waals surface area contributed by atoms with Gasteiger partial charge >= 0.3 is 6.01 Å². The average Bonchev–Trinajstić information content (AvgIpc) is 3.65. The van der Waals surface area contributed by atoms with Crippen LogP contribution in [-0.4, -0.2) is 80.7 Å². The topological polar surface area (TPSA) is 94.8 Å². The number of aromatic nitrogens is 3. The van der Waals surface area contributed by atoms with Gasteiger partial charge in [0, 0.05) is 43.2 Å². The second-order valence-corrected chi connectivity index (χ2v) is 11.4. The first kappa shape index (κ1) is 26.7. The Bertz CT molecular complexity index is 1780. The van der Waals surface area contributed by atoms with E-state index in [2.05, 4.69) is 25.8 Å². The van der Waals surface area contributed by atoms with E-state index < -0.39 is 29.4 Å². The van der Waals surface area contributed by atoms with E-state index in [-0.39, 0.29) is 52.6 Å². The number of aliphatic hydroxyl groups is 1. The summed E-state index contributed by atoms with van der Waals surface area (Å²) in [7, 11) is 0. The highest BCUT2D eigenvalue weighted by Gasteiger charge is 2.49. The van der Waals surface area contributed by atoms with Gasteiger partial charge in [-0.3, -0.25) is 9.88 Å². The predicted molar refractivity (Wildman–Crippen MR) is 151 cm³/mol. The number of β-amino-alcohol motifs (C(OH)–C–C–N with tert-alkyl or cyclic N) is 1. The number of ether oxygens (including phenoxy) is 1. The number of aromatic hydroxyl groups is 1. The number of aliphatic hydroxyl groups excluding tert-OH is 1. The molecule has 7 rings (SSSR count). The normalized spacial score (nSPS) is 24.0. The van der Waals surface area contributed by atoms with Crippen LogP contribution in [0.5, 0.6) is 11.8 Å². The van der Waals surface area contributed by atoms with Crippen molar-refractivity contribution in [1.82, 2.24) is 19.9 Å². The maximum atomic E-state index is 16.5. The Balaban J connectivity index is 1.38. The van der Waals surface area contributed by atoms with Gasteiger partial charge in [-0.25, -0.2) is 13.2 Å². The van der Waals surface area contributed by atoms with Crippen molar-refractivity contribution in [3.05, 3.63) is 47.7 Å². The van der Waals surface area contributed by atoms with Crippen molar-refractivity contribution in [2.24, 2.45) is 0 Å². The Hall–Kier alpha value is -4.14. The lowest BCUT2D eigenvalue weighted by Crippen LogP contribution is -2.43. The first-order chi connectivity index (χ1) is 20.3. The molecule has 216 valence electrons. The first-order valence-corrected chi connectivity index (χ1v) is 14.0. The molecule has 3 atom stereocenters. The molecular weight excluding hydrogens is 547 g/mol. The largest absolute Gasteiger partial charge is 0.508 e. The van der Waals surface area contributed by atoms with Crippen molar-refractivity contribution in [2.75, 3.05) is 37.7 Å². The average molecular weight is 576 g/mol. The molecule has 2 aromatic heterocycles. The molecule has 2 N–H and O–H groups in total. The summed E-state index contributed by atoms with van der Waals surface area (Å²) >= 11 is 0. The van der Waals surface area contributed by atoms with E-state index in [9.17, 15) is 19.0 Å². The Kier molecular flexibility index (Phi) is 6.36. The lowest BCUT2D eigenvalue weighted by molar-refractivity contribution is 0.107. The molecular formula is C31H28F3N5O3. The van der Waals surface area contributed by atoms with Crippen LogP contribution < -0.4 is 9.64 Å². The molecule has 2 aromatic carbocycles. The van der Waals surface area contributed by atoms with Crippen LogP contribution in [0.25, 0.3) is 32.9 Å². The van der Waals surface area contributed by atoms with Gasteiger partial charge in [0.25, 0.3) is 0 Å². The summed E-state index contributed by atoms with van der Waals surface area (Å²) in [4.78, 5) is 17.3. The van der Waals surface area contributed by atoms with E-state index in [4.69, 9.17) is 11.2 Å². The van der Waals surface area contributed by atoms with E-state index in [1.54, 1.807) is 0 Å². The molecule has 42 heavy (non-hydrogen) atoms. The third-order valence-electron chi connectivity index (χ3n) is 8.79. The van der Waals surface area contributed by atoms with Crippen LogP contribution in [0.3, 0.4) is 0 Å².